The number of nitrogens with one attached hydrogen (secondary N) is 1. The molecule has 1 saturated heterocycles. The first-order valence-corrected chi connectivity index (χ1v) is 11.2. The smallest absolute Gasteiger partial charge is 0.342 e. The van der Waals surface area contributed by atoms with Gasteiger partial charge < -0.3 is 10.2 Å². The van der Waals surface area contributed by atoms with Crippen molar-refractivity contribution in [3.05, 3.63) is 65.2 Å². The number of likely N-dealkylation sites (tertiary alicyclic amines) is 1. The third kappa shape index (κ3) is 6.97. The summed E-state index contributed by atoms with van der Waals surface area (Å²) >= 11 is 0. The third-order valence-electron chi connectivity index (χ3n) is 5.59. The molecule has 0 bridgehead atoms. The lowest BCUT2D eigenvalue weighted by molar-refractivity contribution is -0.137. The number of alkyl halides is 3. The van der Waals surface area contributed by atoms with E-state index in [1.54, 1.807) is 12.1 Å². The van der Waals surface area contributed by atoms with Gasteiger partial charge in [0, 0.05) is 24.8 Å². The molecule has 0 radical (unpaired) electrons. The van der Waals surface area contributed by atoms with Crippen LogP contribution in [-0.2, 0) is 23.9 Å². The highest BCUT2D eigenvalue weighted by atomic mass is 19.4. The Morgan fingerprint density at radius 1 is 0.939 bits per heavy atom. The first-order chi connectivity index (χ1) is 15.6. The second kappa shape index (κ2) is 10.7. The maximum absolute atomic E-state index is 12.9. The van der Waals surface area contributed by atoms with Crippen LogP contribution in [0.3, 0.4) is 0 Å². The molecule has 0 aliphatic carbocycles. The molecular formula is C25H30F3N3O2. The van der Waals surface area contributed by atoms with E-state index in [-0.39, 0.29) is 24.5 Å². The Hall–Kier alpha value is -3.03. The van der Waals surface area contributed by atoms with Crippen molar-refractivity contribution < 1.29 is 22.8 Å². The minimum absolute atomic E-state index is 0.0987. The number of benzene rings is 2. The second-order valence-corrected chi connectivity index (χ2v) is 8.67. The molecule has 0 spiro atoms. The van der Waals surface area contributed by atoms with Crippen molar-refractivity contribution in [3.63, 3.8) is 0 Å². The fraction of sp³-hybridized carbons (Fsp3) is 0.440. The summed E-state index contributed by atoms with van der Waals surface area (Å²) < 4.78 is 38.6. The molecule has 0 saturated carbocycles. The molecule has 0 unspecified atom stereocenters. The van der Waals surface area contributed by atoms with E-state index >= 15 is 0 Å². The average molecular weight is 462 g/mol. The van der Waals surface area contributed by atoms with E-state index in [1.165, 1.54) is 17.0 Å². The maximum atomic E-state index is 12.9. The maximum Gasteiger partial charge on any atom is 0.416 e. The summed E-state index contributed by atoms with van der Waals surface area (Å²) in [6.07, 6.45) is -0.874. The van der Waals surface area contributed by atoms with Gasteiger partial charge in [-0.05, 0) is 68.5 Å². The lowest BCUT2D eigenvalue weighted by Gasteiger charge is -2.27. The van der Waals surface area contributed by atoms with Gasteiger partial charge in [0.2, 0.25) is 5.91 Å². The van der Waals surface area contributed by atoms with Crippen LogP contribution in [0.5, 0.6) is 0 Å². The van der Waals surface area contributed by atoms with Crippen LogP contribution in [0.25, 0.3) is 0 Å². The van der Waals surface area contributed by atoms with Crippen LogP contribution in [0, 0.1) is 0 Å². The summed E-state index contributed by atoms with van der Waals surface area (Å²) in [7, 11) is 0. The topological polar surface area (TPSA) is 52.7 Å². The highest BCUT2D eigenvalue weighted by Crippen LogP contribution is 2.29. The molecular weight excluding hydrogens is 431 g/mol. The van der Waals surface area contributed by atoms with Crippen LogP contribution < -0.4 is 10.2 Å². The number of hydrogen-bond donors (Lipinski definition) is 1. The Morgan fingerprint density at radius 2 is 1.52 bits per heavy atom. The molecule has 2 aromatic carbocycles. The van der Waals surface area contributed by atoms with Gasteiger partial charge in [0.15, 0.2) is 0 Å². The van der Waals surface area contributed by atoms with Gasteiger partial charge in [-0.2, -0.15) is 13.2 Å². The molecule has 3 amide bonds. The van der Waals surface area contributed by atoms with Crippen LogP contribution in [0.4, 0.5) is 23.7 Å². The number of urea groups is 1. The molecule has 178 valence electrons. The van der Waals surface area contributed by atoms with E-state index in [0.717, 1.165) is 50.0 Å². The monoisotopic (exact) mass is 461 g/mol. The molecule has 1 N–H and O–H groups in total. The predicted molar refractivity (Wildman–Crippen MR) is 122 cm³/mol. The Bertz CT molecular complexity index is 935. The SMILES string of the molecule is CC(C)NC(=O)N(Cc1ccc(C(F)(F)F)cc1)c1ccc(CC(=O)N2CCCCC2)cc1. The fourth-order valence-corrected chi connectivity index (χ4v) is 3.81. The average Bonchev–Trinajstić information content (AvgIpc) is 2.78. The Kier molecular flexibility index (Phi) is 8.00. The molecule has 0 aromatic heterocycles. The van der Waals surface area contributed by atoms with Crippen molar-refractivity contribution in [2.24, 2.45) is 0 Å². The Balaban J connectivity index is 1.74. The fourth-order valence-electron chi connectivity index (χ4n) is 3.81. The normalized spacial score (nSPS) is 14.3. The van der Waals surface area contributed by atoms with Gasteiger partial charge in [0.25, 0.3) is 0 Å². The minimum Gasteiger partial charge on any atom is -0.342 e. The minimum atomic E-state index is -4.41. The van der Waals surface area contributed by atoms with Crippen molar-refractivity contribution >= 4 is 17.6 Å². The summed E-state index contributed by atoms with van der Waals surface area (Å²) in [6, 6.07) is 11.5. The van der Waals surface area contributed by atoms with Gasteiger partial charge in [0.1, 0.15) is 0 Å². The zero-order valence-corrected chi connectivity index (χ0v) is 19.0. The number of anilines is 1. The summed E-state index contributed by atoms with van der Waals surface area (Å²) in [5.74, 6) is 0.0987. The standard InChI is InChI=1S/C25H30F3N3O2/c1-18(2)29-24(33)31(17-20-6-10-21(11-7-20)25(26,27)28)22-12-8-19(9-13-22)16-23(32)30-14-4-3-5-15-30/h6-13,18H,3-5,14-17H2,1-2H3,(H,29,33). The number of amides is 3. The summed E-state index contributed by atoms with van der Waals surface area (Å²) in [4.78, 5) is 28.7. The summed E-state index contributed by atoms with van der Waals surface area (Å²) in [5.41, 5.74) is 1.30. The van der Waals surface area contributed by atoms with Crippen molar-refractivity contribution in [3.8, 4) is 0 Å². The van der Waals surface area contributed by atoms with Gasteiger partial charge in [-0.3, -0.25) is 9.69 Å². The largest absolute Gasteiger partial charge is 0.416 e. The summed E-state index contributed by atoms with van der Waals surface area (Å²) in [6.45, 7) is 5.39. The molecule has 2 aromatic rings. The number of rotatable bonds is 6. The van der Waals surface area contributed by atoms with Gasteiger partial charge in [-0.1, -0.05) is 24.3 Å². The van der Waals surface area contributed by atoms with Gasteiger partial charge in [-0.15, -0.1) is 0 Å². The molecule has 0 atom stereocenters. The quantitative estimate of drug-likeness (QED) is 0.628. The molecule has 1 heterocycles. The van der Waals surface area contributed by atoms with Crippen LogP contribution in [0.1, 0.15) is 49.8 Å². The van der Waals surface area contributed by atoms with Crippen molar-refractivity contribution in [1.29, 1.82) is 0 Å². The number of halogens is 3. The van der Waals surface area contributed by atoms with E-state index in [0.29, 0.717) is 17.7 Å². The Morgan fingerprint density at radius 3 is 2.06 bits per heavy atom. The highest BCUT2D eigenvalue weighted by molar-refractivity contribution is 5.92. The van der Waals surface area contributed by atoms with Crippen LogP contribution in [0.2, 0.25) is 0 Å². The van der Waals surface area contributed by atoms with E-state index in [2.05, 4.69) is 5.32 Å². The van der Waals surface area contributed by atoms with Crippen LogP contribution >= 0.6 is 0 Å². The number of nitrogens with zero attached hydrogens (tertiary/aromatic N) is 2. The molecule has 3 rings (SSSR count). The van der Waals surface area contributed by atoms with E-state index < -0.39 is 11.7 Å². The Labute approximate surface area is 192 Å². The van der Waals surface area contributed by atoms with E-state index in [9.17, 15) is 22.8 Å². The zero-order chi connectivity index (χ0) is 24.0. The number of carbonyl (C=O) groups excluding carboxylic acids is 2. The first kappa shape index (κ1) is 24.6. The number of hydrogen-bond acceptors (Lipinski definition) is 2. The number of carbonyl (C=O) groups is 2. The van der Waals surface area contributed by atoms with E-state index in [1.807, 2.05) is 30.9 Å². The van der Waals surface area contributed by atoms with Crippen molar-refractivity contribution in [2.45, 2.75) is 58.3 Å². The van der Waals surface area contributed by atoms with Crippen LogP contribution in [0.15, 0.2) is 48.5 Å². The van der Waals surface area contributed by atoms with Crippen LogP contribution in [-0.4, -0.2) is 36.0 Å². The third-order valence-corrected chi connectivity index (χ3v) is 5.59. The highest BCUT2D eigenvalue weighted by Gasteiger charge is 2.30. The second-order valence-electron chi connectivity index (χ2n) is 8.67. The van der Waals surface area contributed by atoms with Crippen molar-refractivity contribution in [2.75, 3.05) is 18.0 Å². The summed E-state index contributed by atoms with van der Waals surface area (Å²) in [5, 5.41) is 2.83. The molecule has 8 heteroatoms. The lowest BCUT2D eigenvalue weighted by atomic mass is 10.1. The lowest BCUT2D eigenvalue weighted by Crippen LogP contribution is -2.42. The molecule has 1 fully saturated rings. The predicted octanol–water partition coefficient (Wildman–Crippen LogP) is 5.39. The number of piperidine rings is 1. The first-order valence-electron chi connectivity index (χ1n) is 11.2. The van der Waals surface area contributed by atoms with Gasteiger partial charge in [-0.25, -0.2) is 4.79 Å². The van der Waals surface area contributed by atoms with Crippen molar-refractivity contribution in [1.82, 2.24) is 10.2 Å². The molecule has 33 heavy (non-hydrogen) atoms. The van der Waals surface area contributed by atoms with Gasteiger partial charge >= 0.3 is 12.2 Å². The molecule has 1 aliphatic heterocycles. The molecule has 1 aliphatic rings. The zero-order valence-electron chi connectivity index (χ0n) is 19.0. The van der Waals surface area contributed by atoms with Gasteiger partial charge in [0.05, 0.1) is 18.5 Å². The molecule has 5 nitrogen and oxygen atoms in total. The van der Waals surface area contributed by atoms with E-state index in [4.69, 9.17) is 0 Å².